The molecule has 1 fully saturated rings. The average molecular weight is 319 g/mol. The molecule has 0 radical (unpaired) electrons. The fourth-order valence-corrected chi connectivity index (χ4v) is 4.51. The molecule has 0 aromatic heterocycles. The van der Waals surface area contributed by atoms with Crippen LogP contribution in [0.1, 0.15) is 60.8 Å². The zero-order chi connectivity index (χ0) is 16.3. The highest BCUT2D eigenvalue weighted by atomic mass is 32.2. The Morgan fingerprint density at radius 3 is 2.29 bits per heavy atom. The molecule has 1 aliphatic rings. The van der Waals surface area contributed by atoms with Crippen molar-refractivity contribution in [1.29, 1.82) is 0 Å². The van der Waals surface area contributed by atoms with Crippen LogP contribution >= 0.6 is 0 Å². The SMILES string of the molecule is CC(C)NCC(C)S(=O)(=O)N1CCCC(C(C)(C)C)CC1. The monoisotopic (exact) mass is 318 g/mol. The lowest BCUT2D eigenvalue weighted by Gasteiger charge is -2.30. The minimum absolute atomic E-state index is 0.268. The van der Waals surface area contributed by atoms with Gasteiger partial charge in [0.05, 0.1) is 5.25 Å². The molecule has 1 N–H and O–H groups in total. The number of hydrogen-bond acceptors (Lipinski definition) is 3. The van der Waals surface area contributed by atoms with Gasteiger partial charge >= 0.3 is 0 Å². The lowest BCUT2D eigenvalue weighted by atomic mass is 9.77. The average Bonchev–Trinajstić information content (AvgIpc) is 2.61. The molecule has 1 rings (SSSR count). The van der Waals surface area contributed by atoms with E-state index in [-0.39, 0.29) is 10.7 Å². The van der Waals surface area contributed by atoms with Crippen LogP contribution in [0.25, 0.3) is 0 Å². The molecular formula is C16H34N2O2S. The molecule has 0 saturated carbocycles. The Bertz CT molecular complexity index is 412. The van der Waals surface area contributed by atoms with Gasteiger partial charge in [0.1, 0.15) is 0 Å². The van der Waals surface area contributed by atoms with Gasteiger partial charge in [-0.3, -0.25) is 0 Å². The first-order valence-electron chi connectivity index (χ1n) is 8.27. The fourth-order valence-electron chi connectivity index (χ4n) is 2.95. The summed E-state index contributed by atoms with van der Waals surface area (Å²) >= 11 is 0. The Kier molecular flexibility index (Phi) is 6.69. The van der Waals surface area contributed by atoms with E-state index in [0.29, 0.717) is 31.6 Å². The molecule has 21 heavy (non-hydrogen) atoms. The Hall–Kier alpha value is -0.130. The van der Waals surface area contributed by atoms with E-state index in [1.807, 2.05) is 20.8 Å². The van der Waals surface area contributed by atoms with E-state index in [9.17, 15) is 8.42 Å². The molecule has 1 heterocycles. The van der Waals surface area contributed by atoms with Crippen molar-refractivity contribution < 1.29 is 8.42 Å². The standard InChI is InChI=1S/C16H34N2O2S/c1-13(2)17-12-14(3)21(19,20)18-10-7-8-15(9-11-18)16(4,5)6/h13-15,17H,7-12H2,1-6H3. The van der Waals surface area contributed by atoms with Crippen molar-refractivity contribution in [3.63, 3.8) is 0 Å². The molecule has 5 heteroatoms. The Labute approximate surface area is 131 Å². The van der Waals surface area contributed by atoms with Gasteiger partial charge in [-0.2, -0.15) is 0 Å². The van der Waals surface area contributed by atoms with E-state index < -0.39 is 10.0 Å². The summed E-state index contributed by atoms with van der Waals surface area (Å²) in [4.78, 5) is 0. The Balaban J connectivity index is 2.67. The lowest BCUT2D eigenvalue weighted by molar-refractivity contribution is 0.216. The van der Waals surface area contributed by atoms with Gasteiger partial charge in [-0.05, 0) is 37.5 Å². The second kappa shape index (κ2) is 7.42. The summed E-state index contributed by atoms with van der Waals surface area (Å²) in [6, 6.07) is 0.317. The highest BCUT2D eigenvalue weighted by molar-refractivity contribution is 7.89. The lowest BCUT2D eigenvalue weighted by Crippen LogP contribution is -2.43. The predicted molar refractivity (Wildman–Crippen MR) is 89.9 cm³/mol. The van der Waals surface area contributed by atoms with Crippen molar-refractivity contribution in [2.75, 3.05) is 19.6 Å². The van der Waals surface area contributed by atoms with Crippen LogP contribution in [0.4, 0.5) is 0 Å². The van der Waals surface area contributed by atoms with Gasteiger partial charge in [-0.15, -0.1) is 0 Å². The van der Waals surface area contributed by atoms with E-state index in [0.717, 1.165) is 19.3 Å². The summed E-state index contributed by atoms with van der Waals surface area (Å²) in [6.07, 6.45) is 3.09. The van der Waals surface area contributed by atoms with Crippen LogP contribution < -0.4 is 5.32 Å². The summed E-state index contributed by atoms with van der Waals surface area (Å²) in [6.45, 7) is 14.6. The second-order valence-corrected chi connectivity index (χ2v) is 10.2. The quantitative estimate of drug-likeness (QED) is 0.848. The van der Waals surface area contributed by atoms with Gasteiger partial charge in [0.2, 0.25) is 10.0 Å². The largest absolute Gasteiger partial charge is 0.313 e. The molecule has 0 bridgehead atoms. The van der Waals surface area contributed by atoms with E-state index in [1.54, 1.807) is 4.31 Å². The zero-order valence-corrected chi connectivity index (χ0v) is 15.5. The van der Waals surface area contributed by atoms with E-state index in [2.05, 4.69) is 26.1 Å². The third-order valence-electron chi connectivity index (χ3n) is 4.59. The van der Waals surface area contributed by atoms with Gasteiger partial charge in [0.25, 0.3) is 0 Å². The zero-order valence-electron chi connectivity index (χ0n) is 14.6. The molecule has 0 aromatic rings. The highest BCUT2D eigenvalue weighted by Gasteiger charge is 2.33. The van der Waals surface area contributed by atoms with Gasteiger partial charge < -0.3 is 5.32 Å². The molecule has 1 aliphatic heterocycles. The van der Waals surface area contributed by atoms with Crippen molar-refractivity contribution >= 4 is 10.0 Å². The van der Waals surface area contributed by atoms with Gasteiger partial charge in [0, 0.05) is 25.7 Å². The minimum atomic E-state index is -3.18. The normalized spacial score (nSPS) is 24.0. The van der Waals surface area contributed by atoms with E-state index in [1.165, 1.54) is 0 Å². The first-order chi connectivity index (χ1) is 9.55. The molecule has 1 saturated heterocycles. The molecule has 2 atom stereocenters. The van der Waals surface area contributed by atoms with Crippen molar-refractivity contribution in [1.82, 2.24) is 9.62 Å². The second-order valence-electron chi connectivity index (χ2n) is 7.81. The molecule has 126 valence electrons. The van der Waals surface area contributed by atoms with Gasteiger partial charge in [0.15, 0.2) is 0 Å². The third-order valence-corrected chi connectivity index (χ3v) is 6.86. The molecule has 0 spiro atoms. The van der Waals surface area contributed by atoms with Crippen molar-refractivity contribution in [3.8, 4) is 0 Å². The molecule has 0 amide bonds. The molecule has 2 unspecified atom stereocenters. The van der Waals surface area contributed by atoms with E-state index >= 15 is 0 Å². The smallest absolute Gasteiger partial charge is 0.217 e. The Morgan fingerprint density at radius 2 is 1.76 bits per heavy atom. The van der Waals surface area contributed by atoms with Crippen LogP contribution in [0.3, 0.4) is 0 Å². The summed E-state index contributed by atoms with van der Waals surface area (Å²) < 4.78 is 27.1. The van der Waals surface area contributed by atoms with Crippen molar-refractivity contribution in [2.45, 2.75) is 72.1 Å². The predicted octanol–water partition coefficient (Wildman–Crippen LogP) is 2.85. The number of nitrogens with one attached hydrogen (secondary N) is 1. The maximum Gasteiger partial charge on any atom is 0.217 e. The van der Waals surface area contributed by atoms with Crippen molar-refractivity contribution in [2.24, 2.45) is 11.3 Å². The number of rotatable bonds is 5. The first-order valence-corrected chi connectivity index (χ1v) is 9.77. The summed E-state index contributed by atoms with van der Waals surface area (Å²) in [7, 11) is -3.18. The fraction of sp³-hybridized carbons (Fsp3) is 1.00. The summed E-state index contributed by atoms with van der Waals surface area (Å²) in [5.74, 6) is 0.613. The van der Waals surface area contributed by atoms with Crippen LogP contribution in [0.5, 0.6) is 0 Å². The third kappa shape index (κ3) is 5.53. The maximum atomic E-state index is 12.7. The topological polar surface area (TPSA) is 49.4 Å². The molecule has 4 nitrogen and oxygen atoms in total. The summed E-state index contributed by atoms with van der Waals surface area (Å²) in [5.41, 5.74) is 0.268. The molecule has 0 aliphatic carbocycles. The summed E-state index contributed by atoms with van der Waals surface area (Å²) in [5, 5.41) is 2.88. The number of sulfonamides is 1. The Morgan fingerprint density at radius 1 is 1.14 bits per heavy atom. The van der Waals surface area contributed by atoms with Gasteiger partial charge in [-0.1, -0.05) is 34.6 Å². The highest BCUT2D eigenvalue weighted by Crippen LogP contribution is 2.34. The number of hydrogen-bond donors (Lipinski definition) is 1. The maximum absolute atomic E-state index is 12.7. The van der Waals surface area contributed by atoms with E-state index in [4.69, 9.17) is 0 Å². The minimum Gasteiger partial charge on any atom is -0.313 e. The van der Waals surface area contributed by atoms with Crippen LogP contribution in [-0.2, 0) is 10.0 Å². The number of nitrogens with zero attached hydrogens (tertiary/aromatic N) is 1. The molecular weight excluding hydrogens is 284 g/mol. The van der Waals surface area contributed by atoms with Crippen molar-refractivity contribution in [3.05, 3.63) is 0 Å². The van der Waals surface area contributed by atoms with Crippen LogP contribution in [0, 0.1) is 11.3 Å². The van der Waals surface area contributed by atoms with Crippen LogP contribution in [0.2, 0.25) is 0 Å². The van der Waals surface area contributed by atoms with Crippen LogP contribution in [-0.4, -0.2) is 43.6 Å². The van der Waals surface area contributed by atoms with Gasteiger partial charge in [-0.25, -0.2) is 12.7 Å². The molecule has 0 aromatic carbocycles. The van der Waals surface area contributed by atoms with Crippen LogP contribution in [0.15, 0.2) is 0 Å². The first kappa shape index (κ1) is 18.9.